The van der Waals surface area contributed by atoms with Gasteiger partial charge in [-0.05, 0) is 43.0 Å². The van der Waals surface area contributed by atoms with Crippen LogP contribution in [0.3, 0.4) is 0 Å². The van der Waals surface area contributed by atoms with E-state index in [0.29, 0.717) is 45.8 Å². The van der Waals surface area contributed by atoms with Crippen LogP contribution in [-0.2, 0) is 24.4 Å². The van der Waals surface area contributed by atoms with E-state index < -0.39 is 0 Å². The lowest BCUT2D eigenvalue weighted by molar-refractivity contribution is -0.122. The Morgan fingerprint density at radius 2 is 1.76 bits per heavy atom. The fraction of sp³-hybridized carbons (Fsp3) is 0.267. The Hall–Kier alpha value is -3.67. The van der Waals surface area contributed by atoms with Gasteiger partial charge in [-0.15, -0.1) is 0 Å². The molecule has 1 aromatic heterocycles. The van der Waals surface area contributed by atoms with E-state index in [0.717, 1.165) is 29.5 Å². The van der Waals surface area contributed by atoms with E-state index in [1.165, 1.54) is 11.8 Å². The summed E-state index contributed by atoms with van der Waals surface area (Å²) in [6.07, 6.45) is 3.46. The van der Waals surface area contributed by atoms with Gasteiger partial charge >= 0.3 is 0 Å². The van der Waals surface area contributed by atoms with Crippen molar-refractivity contribution in [1.82, 2.24) is 9.47 Å². The van der Waals surface area contributed by atoms with Crippen LogP contribution in [0, 0.1) is 25.2 Å². The molecule has 38 heavy (non-hydrogen) atoms. The first-order chi connectivity index (χ1) is 18.3. The number of pyridine rings is 1. The third-order valence-corrected chi connectivity index (χ3v) is 7.90. The molecule has 194 valence electrons. The van der Waals surface area contributed by atoms with Crippen LogP contribution in [0.2, 0.25) is 0 Å². The number of carbonyl (C=O) groups excluding carboxylic acids is 1. The Morgan fingerprint density at radius 3 is 2.42 bits per heavy atom. The molecule has 1 aliphatic heterocycles. The summed E-state index contributed by atoms with van der Waals surface area (Å²) in [4.78, 5) is 28.9. The van der Waals surface area contributed by atoms with Crippen LogP contribution in [0.4, 0.5) is 5.82 Å². The molecule has 8 heteroatoms. The monoisotopic (exact) mass is 542 g/mol. The molecule has 3 aromatic rings. The highest BCUT2D eigenvalue weighted by atomic mass is 32.2. The predicted molar refractivity (Wildman–Crippen MR) is 159 cm³/mol. The van der Waals surface area contributed by atoms with Gasteiger partial charge in [0, 0.05) is 18.7 Å². The van der Waals surface area contributed by atoms with Crippen molar-refractivity contribution >= 4 is 46.1 Å². The van der Waals surface area contributed by atoms with Crippen LogP contribution in [0.5, 0.6) is 0 Å². The third-order valence-electron chi connectivity index (χ3n) is 6.52. The molecule has 1 fully saturated rings. The molecule has 0 unspecified atom stereocenters. The molecule has 1 saturated heterocycles. The summed E-state index contributed by atoms with van der Waals surface area (Å²) in [6, 6.07) is 20.0. The summed E-state index contributed by atoms with van der Waals surface area (Å²) in [5, 5.41) is 13.3. The topological polar surface area (TPSA) is 78.1 Å². The zero-order valence-corrected chi connectivity index (χ0v) is 23.4. The number of aromatic nitrogens is 1. The maximum absolute atomic E-state index is 13.5. The molecule has 2 aromatic carbocycles. The Kier molecular flexibility index (Phi) is 8.82. The lowest BCUT2D eigenvalue weighted by atomic mass is 10.0. The third kappa shape index (κ3) is 5.90. The van der Waals surface area contributed by atoms with Crippen LogP contribution in [0.25, 0.3) is 6.08 Å². The number of carbonyl (C=O) groups is 1. The summed E-state index contributed by atoms with van der Waals surface area (Å²) in [5.74, 6) is 0.423. The average Bonchev–Trinajstić information content (AvgIpc) is 3.18. The summed E-state index contributed by atoms with van der Waals surface area (Å²) in [5.41, 5.74) is 4.17. The quantitative estimate of drug-likeness (QED) is 0.258. The number of unbranched alkanes of at least 4 members (excludes halogenated alkanes) is 1. The molecule has 1 amide bonds. The highest BCUT2D eigenvalue weighted by molar-refractivity contribution is 8.26. The van der Waals surface area contributed by atoms with Crippen LogP contribution in [0.15, 0.2) is 64.3 Å². The Labute approximate surface area is 233 Å². The second kappa shape index (κ2) is 12.2. The van der Waals surface area contributed by atoms with Gasteiger partial charge in [0.1, 0.15) is 21.8 Å². The number of hydrogen-bond acceptors (Lipinski definition) is 6. The summed E-state index contributed by atoms with van der Waals surface area (Å²) < 4.78 is 2.12. The van der Waals surface area contributed by atoms with Gasteiger partial charge in [-0.2, -0.15) is 5.26 Å². The molecule has 0 spiro atoms. The van der Waals surface area contributed by atoms with E-state index in [4.69, 9.17) is 12.2 Å². The molecular formula is C30H30N4O2S2. The normalized spacial score (nSPS) is 14.3. The van der Waals surface area contributed by atoms with Gasteiger partial charge in [-0.3, -0.25) is 19.1 Å². The molecule has 0 bridgehead atoms. The largest absolute Gasteiger partial charge is 0.367 e. The smallest absolute Gasteiger partial charge is 0.270 e. The van der Waals surface area contributed by atoms with Gasteiger partial charge in [0.25, 0.3) is 11.5 Å². The molecule has 0 saturated carbocycles. The van der Waals surface area contributed by atoms with E-state index in [-0.39, 0.29) is 17.0 Å². The SMILES string of the molecule is CCCCn1c(NCc2ccccc2)c(/C=C2/SC(=S)N(Cc3ccc(C)cc3)C2=O)c(C)c(C#N)c1=O. The summed E-state index contributed by atoms with van der Waals surface area (Å²) >= 11 is 6.82. The molecular weight excluding hydrogens is 512 g/mol. The number of anilines is 1. The Morgan fingerprint density at radius 1 is 1.05 bits per heavy atom. The van der Waals surface area contributed by atoms with Crippen LogP contribution >= 0.6 is 24.0 Å². The van der Waals surface area contributed by atoms with Crippen molar-refractivity contribution < 1.29 is 4.79 Å². The fourth-order valence-corrected chi connectivity index (χ4v) is 5.55. The van der Waals surface area contributed by atoms with E-state index in [1.807, 2.05) is 61.5 Å². The van der Waals surface area contributed by atoms with Crippen molar-refractivity contribution in [3.8, 4) is 6.07 Å². The van der Waals surface area contributed by atoms with E-state index in [1.54, 1.807) is 22.5 Å². The molecule has 1 N–H and O–H groups in total. The standard InChI is InChI=1S/C30H30N4O2S2/c1-4-5-15-33-27(32-18-22-9-7-6-8-10-22)24(21(3)25(17-31)28(33)35)16-26-29(36)34(30(37)38-26)19-23-13-11-20(2)12-14-23/h6-14,16,32H,4-5,15,18-19H2,1-3H3/b26-16+. The van der Waals surface area contributed by atoms with Gasteiger partial charge in [-0.1, -0.05) is 97.5 Å². The van der Waals surface area contributed by atoms with E-state index in [2.05, 4.69) is 18.3 Å². The van der Waals surface area contributed by atoms with Crippen LogP contribution < -0.4 is 10.9 Å². The molecule has 2 heterocycles. The first-order valence-electron chi connectivity index (χ1n) is 12.6. The number of nitrogens with zero attached hydrogens (tertiary/aromatic N) is 3. The van der Waals surface area contributed by atoms with Gasteiger partial charge < -0.3 is 5.32 Å². The van der Waals surface area contributed by atoms with Crippen molar-refractivity contribution in [3.05, 3.63) is 103 Å². The van der Waals surface area contributed by atoms with Gasteiger partial charge in [0.05, 0.1) is 11.4 Å². The van der Waals surface area contributed by atoms with Crippen molar-refractivity contribution in [1.29, 1.82) is 5.26 Å². The molecule has 0 radical (unpaired) electrons. The number of nitrogens with one attached hydrogen (secondary N) is 1. The predicted octanol–water partition coefficient (Wildman–Crippen LogP) is 6.15. The van der Waals surface area contributed by atoms with Crippen LogP contribution in [0.1, 0.15) is 53.1 Å². The zero-order valence-electron chi connectivity index (χ0n) is 21.8. The highest BCUT2D eigenvalue weighted by Crippen LogP contribution is 2.36. The first kappa shape index (κ1) is 27.4. The van der Waals surface area contributed by atoms with E-state index in [9.17, 15) is 14.9 Å². The number of aryl methyl sites for hydroxylation is 1. The minimum absolute atomic E-state index is 0.0905. The minimum Gasteiger partial charge on any atom is -0.367 e. The summed E-state index contributed by atoms with van der Waals surface area (Å²) in [7, 11) is 0. The number of thiocarbonyl (C=S) groups is 1. The van der Waals surface area contributed by atoms with Gasteiger partial charge in [0.15, 0.2) is 0 Å². The first-order valence-corrected chi connectivity index (χ1v) is 13.8. The van der Waals surface area contributed by atoms with Gasteiger partial charge in [0.2, 0.25) is 0 Å². The highest BCUT2D eigenvalue weighted by Gasteiger charge is 2.33. The molecule has 4 rings (SSSR count). The molecule has 6 nitrogen and oxygen atoms in total. The number of thioether (sulfide) groups is 1. The number of hydrogen-bond donors (Lipinski definition) is 1. The maximum atomic E-state index is 13.5. The van der Waals surface area contributed by atoms with Crippen molar-refractivity contribution in [3.63, 3.8) is 0 Å². The number of benzene rings is 2. The summed E-state index contributed by atoms with van der Waals surface area (Å²) in [6.45, 7) is 7.19. The fourth-order valence-electron chi connectivity index (χ4n) is 4.31. The maximum Gasteiger partial charge on any atom is 0.270 e. The molecule has 0 aliphatic carbocycles. The number of rotatable bonds is 9. The van der Waals surface area contributed by atoms with Crippen molar-refractivity contribution in [2.45, 2.75) is 53.2 Å². The number of nitriles is 1. The van der Waals surface area contributed by atoms with Crippen molar-refractivity contribution in [2.75, 3.05) is 5.32 Å². The second-order valence-corrected chi connectivity index (χ2v) is 11.0. The minimum atomic E-state index is -0.321. The Balaban J connectivity index is 1.77. The molecule has 0 atom stereocenters. The number of amides is 1. The molecule has 1 aliphatic rings. The van der Waals surface area contributed by atoms with Crippen molar-refractivity contribution in [2.24, 2.45) is 0 Å². The second-order valence-electron chi connectivity index (χ2n) is 9.28. The Bertz CT molecular complexity index is 1490. The lowest BCUT2D eigenvalue weighted by Gasteiger charge is -2.20. The zero-order chi connectivity index (χ0) is 27.2. The lowest BCUT2D eigenvalue weighted by Crippen LogP contribution is -2.28. The van der Waals surface area contributed by atoms with E-state index >= 15 is 0 Å². The van der Waals surface area contributed by atoms with Gasteiger partial charge in [-0.25, -0.2) is 0 Å². The average molecular weight is 543 g/mol. The van der Waals surface area contributed by atoms with Crippen LogP contribution in [-0.4, -0.2) is 19.7 Å².